The molecule has 0 aromatic heterocycles. The van der Waals surface area contributed by atoms with Gasteiger partial charge in [-0.15, -0.1) is 0 Å². The second-order valence-corrected chi connectivity index (χ2v) is 9.93. The minimum absolute atomic E-state index is 0.125. The first-order valence-corrected chi connectivity index (χ1v) is 12.9. The Morgan fingerprint density at radius 3 is 2.50 bits per heavy atom. The van der Waals surface area contributed by atoms with Crippen molar-refractivity contribution in [1.82, 2.24) is 5.32 Å². The molecule has 0 radical (unpaired) electrons. The highest BCUT2D eigenvalue weighted by Crippen LogP contribution is 2.32. The van der Waals surface area contributed by atoms with E-state index in [1.54, 1.807) is 50.2 Å². The lowest BCUT2D eigenvalue weighted by Crippen LogP contribution is -2.38. The van der Waals surface area contributed by atoms with Crippen molar-refractivity contribution in [3.8, 4) is 11.5 Å². The summed E-state index contributed by atoms with van der Waals surface area (Å²) in [5.74, 6) is -0.215. The summed E-state index contributed by atoms with van der Waals surface area (Å²) in [6.07, 6.45) is 5.11. The van der Waals surface area contributed by atoms with Crippen LogP contribution in [0.5, 0.6) is 11.5 Å². The van der Waals surface area contributed by atoms with Gasteiger partial charge >= 0.3 is 5.97 Å². The highest BCUT2D eigenvalue weighted by Gasteiger charge is 2.38. The lowest BCUT2D eigenvalue weighted by Gasteiger charge is -2.29. The van der Waals surface area contributed by atoms with Crippen LogP contribution in [0.25, 0.3) is 0 Å². The van der Waals surface area contributed by atoms with Gasteiger partial charge in [0, 0.05) is 12.1 Å². The predicted octanol–water partition coefficient (Wildman–Crippen LogP) is 6.11. The number of carboxylic acid groups (broad SMARTS) is 1. The number of hydrogen-bond acceptors (Lipinski definition) is 5. The maximum atomic E-state index is 13.0. The number of rotatable bonds is 12. The number of halogens is 1. The molecule has 36 heavy (non-hydrogen) atoms. The Morgan fingerprint density at radius 1 is 1.17 bits per heavy atom. The van der Waals surface area contributed by atoms with Gasteiger partial charge in [0.15, 0.2) is 5.60 Å². The molecule has 1 amide bonds. The minimum atomic E-state index is -1.55. The summed E-state index contributed by atoms with van der Waals surface area (Å²) in [5, 5.41) is 13.1. The number of carboxylic acids is 1. The zero-order valence-electron chi connectivity index (χ0n) is 21.4. The van der Waals surface area contributed by atoms with Crippen LogP contribution in [0.1, 0.15) is 81.3 Å². The van der Waals surface area contributed by atoms with Crippen LogP contribution in [0.15, 0.2) is 36.4 Å². The topological polar surface area (TPSA) is 94.1 Å². The second kappa shape index (κ2) is 12.5. The molecule has 7 nitrogen and oxygen atoms in total. The van der Waals surface area contributed by atoms with Gasteiger partial charge in [0.2, 0.25) is 0 Å². The molecule has 1 saturated carbocycles. The number of benzene rings is 2. The van der Waals surface area contributed by atoms with Crippen LogP contribution in [-0.4, -0.2) is 35.8 Å². The quantitative estimate of drug-likeness (QED) is 0.353. The van der Waals surface area contributed by atoms with Gasteiger partial charge in [0.05, 0.1) is 29.4 Å². The van der Waals surface area contributed by atoms with E-state index >= 15 is 0 Å². The molecular weight excluding hydrogens is 482 g/mol. The van der Waals surface area contributed by atoms with Crippen LogP contribution in [0, 0.1) is 0 Å². The van der Waals surface area contributed by atoms with Gasteiger partial charge in [0.1, 0.15) is 11.5 Å². The molecule has 196 valence electrons. The van der Waals surface area contributed by atoms with Crippen molar-refractivity contribution < 1.29 is 28.9 Å². The lowest BCUT2D eigenvalue weighted by atomic mass is 9.93. The van der Waals surface area contributed by atoms with E-state index in [1.165, 1.54) is 19.8 Å². The van der Waals surface area contributed by atoms with Gasteiger partial charge in [-0.2, -0.15) is 0 Å². The first kappa shape index (κ1) is 27.8. The van der Waals surface area contributed by atoms with Crippen molar-refractivity contribution in [3.63, 3.8) is 0 Å². The molecule has 0 heterocycles. The van der Waals surface area contributed by atoms with Crippen LogP contribution in [-0.2, 0) is 21.7 Å². The summed E-state index contributed by atoms with van der Waals surface area (Å²) < 4.78 is 17.6. The fourth-order valence-electron chi connectivity index (χ4n) is 4.30. The number of ether oxygens (including phenoxy) is 3. The highest BCUT2D eigenvalue weighted by molar-refractivity contribution is 6.34. The summed E-state index contributed by atoms with van der Waals surface area (Å²) in [6, 6.07) is 10.2. The number of nitrogens with one attached hydrogen (secondary N) is 1. The Hall–Kier alpha value is -2.77. The van der Waals surface area contributed by atoms with E-state index in [2.05, 4.69) is 5.32 Å². The summed E-state index contributed by atoms with van der Waals surface area (Å²) in [5.41, 5.74) is -0.106. The van der Waals surface area contributed by atoms with Crippen LogP contribution >= 0.6 is 11.6 Å². The van der Waals surface area contributed by atoms with Gasteiger partial charge < -0.3 is 24.6 Å². The molecule has 2 aromatic rings. The maximum Gasteiger partial charge on any atom is 0.340 e. The molecular formula is C28H36ClNO6. The molecule has 1 atom stereocenters. The van der Waals surface area contributed by atoms with Crippen LogP contribution < -0.4 is 14.8 Å². The van der Waals surface area contributed by atoms with Gasteiger partial charge in [-0.05, 0) is 88.8 Å². The molecule has 0 bridgehead atoms. The molecule has 3 rings (SSSR count). The molecule has 8 heteroatoms. The maximum absolute atomic E-state index is 13.0. The predicted molar refractivity (Wildman–Crippen MR) is 139 cm³/mol. The van der Waals surface area contributed by atoms with E-state index in [9.17, 15) is 14.7 Å². The van der Waals surface area contributed by atoms with Gasteiger partial charge in [-0.1, -0.05) is 24.6 Å². The summed E-state index contributed by atoms with van der Waals surface area (Å²) in [6.45, 7) is 7.71. The van der Waals surface area contributed by atoms with E-state index in [4.69, 9.17) is 25.8 Å². The number of aliphatic carboxylic acids is 1. The molecule has 0 aliphatic heterocycles. The first-order valence-electron chi connectivity index (χ1n) is 12.6. The lowest BCUT2D eigenvalue weighted by molar-refractivity contribution is -0.170. The summed E-state index contributed by atoms with van der Waals surface area (Å²) in [4.78, 5) is 25.1. The van der Waals surface area contributed by atoms with E-state index in [0.717, 1.165) is 19.3 Å². The van der Waals surface area contributed by atoms with E-state index in [0.29, 0.717) is 39.8 Å². The summed E-state index contributed by atoms with van der Waals surface area (Å²) >= 11 is 6.41. The highest BCUT2D eigenvalue weighted by atomic mass is 35.5. The number of hydrogen-bond donors (Lipinski definition) is 2. The van der Waals surface area contributed by atoms with E-state index in [-0.39, 0.29) is 24.7 Å². The molecule has 1 unspecified atom stereocenters. The Bertz CT molecular complexity index is 1070. The molecule has 1 aliphatic carbocycles. The number of carbonyl (C=O) groups excluding carboxylic acids is 1. The van der Waals surface area contributed by atoms with Crippen molar-refractivity contribution in [2.75, 3.05) is 6.61 Å². The van der Waals surface area contributed by atoms with Crippen molar-refractivity contribution in [2.45, 2.75) is 84.2 Å². The third kappa shape index (κ3) is 6.92. The molecule has 1 fully saturated rings. The fourth-order valence-corrected chi connectivity index (χ4v) is 4.56. The molecule has 1 aliphatic rings. The SMILES string of the molecule is CCCOc1ccc(C(C)(OC(C)C)C(=O)O)cc1CNC(=O)c1ccc(OC2CCCC2)cc1Cl. The molecule has 2 aromatic carbocycles. The zero-order valence-corrected chi connectivity index (χ0v) is 22.2. The monoisotopic (exact) mass is 517 g/mol. The largest absolute Gasteiger partial charge is 0.493 e. The number of amides is 1. The van der Waals surface area contributed by atoms with Crippen molar-refractivity contribution in [3.05, 3.63) is 58.1 Å². The van der Waals surface area contributed by atoms with Gasteiger partial charge in [0.25, 0.3) is 5.91 Å². The second-order valence-electron chi connectivity index (χ2n) is 9.52. The van der Waals surface area contributed by atoms with Gasteiger partial charge in [-0.25, -0.2) is 4.79 Å². The van der Waals surface area contributed by atoms with Gasteiger partial charge in [-0.3, -0.25) is 4.79 Å². The molecule has 0 spiro atoms. The minimum Gasteiger partial charge on any atom is -0.493 e. The summed E-state index contributed by atoms with van der Waals surface area (Å²) in [7, 11) is 0. The van der Waals surface area contributed by atoms with Crippen molar-refractivity contribution in [2.24, 2.45) is 0 Å². The average Bonchev–Trinajstić information content (AvgIpc) is 3.34. The third-order valence-electron chi connectivity index (χ3n) is 6.18. The smallest absolute Gasteiger partial charge is 0.340 e. The van der Waals surface area contributed by atoms with E-state index in [1.807, 2.05) is 6.92 Å². The number of carbonyl (C=O) groups is 2. The standard InChI is InChI=1S/C28H36ClNO6/c1-5-14-34-25-13-10-20(28(4,27(32)33)36-18(2)3)15-19(25)17-30-26(31)23-12-11-22(16-24(23)29)35-21-8-6-7-9-21/h10-13,15-16,18,21H,5-9,14,17H2,1-4H3,(H,30,31)(H,32,33). The van der Waals surface area contributed by atoms with Crippen LogP contribution in [0.2, 0.25) is 5.02 Å². The Labute approximate surface area is 218 Å². The van der Waals surface area contributed by atoms with Crippen molar-refractivity contribution in [1.29, 1.82) is 0 Å². The average molecular weight is 518 g/mol. The van der Waals surface area contributed by atoms with E-state index < -0.39 is 11.6 Å². The Kier molecular flexibility index (Phi) is 9.63. The van der Waals surface area contributed by atoms with Crippen molar-refractivity contribution >= 4 is 23.5 Å². The van der Waals surface area contributed by atoms with Crippen LogP contribution in [0.3, 0.4) is 0 Å². The fraction of sp³-hybridized carbons (Fsp3) is 0.500. The molecule has 2 N–H and O–H groups in total. The zero-order chi connectivity index (χ0) is 26.3. The normalized spacial score (nSPS) is 15.5. The first-order chi connectivity index (χ1) is 17.1. The Morgan fingerprint density at radius 2 is 1.89 bits per heavy atom. The molecule has 0 saturated heterocycles. The van der Waals surface area contributed by atoms with Crippen LogP contribution in [0.4, 0.5) is 0 Å². The third-order valence-corrected chi connectivity index (χ3v) is 6.49. The Balaban J connectivity index is 1.79.